The summed E-state index contributed by atoms with van der Waals surface area (Å²) in [7, 11) is 1.88. The molecule has 0 bridgehead atoms. The SMILES string of the molecule is Cn1nccc1CCNC(=O)Nc1cccc(N)c1. The Morgan fingerprint density at radius 3 is 2.95 bits per heavy atom. The van der Waals surface area contributed by atoms with Crippen molar-refractivity contribution in [2.75, 3.05) is 17.6 Å². The minimum atomic E-state index is -0.243. The van der Waals surface area contributed by atoms with E-state index in [1.807, 2.05) is 13.1 Å². The van der Waals surface area contributed by atoms with Crippen molar-refractivity contribution in [1.82, 2.24) is 15.1 Å². The molecular weight excluding hydrogens is 242 g/mol. The number of nitrogen functional groups attached to an aromatic ring is 1. The third-order valence-corrected chi connectivity index (χ3v) is 2.73. The molecule has 0 atom stereocenters. The first-order valence-electron chi connectivity index (χ1n) is 6.02. The Balaban J connectivity index is 1.77. The lowest BCUT2D eigenvalue weighted by Gasteiger charge is -2.08. The lowest BCUT2D eigenvalue weighted by Crippen LogP contribution is -2.30. The van der Waals surface area contributed by atoms with E-state index in [1.165, 1.54) is 0 Å². The second kappa shape index (κ2) is 5.90. The number of amides is 2. The number of aryl methyl sites for hydroxylation is 1. The van der Waals surface area contributed by atoms with E-state index in [2.05, 4.69) is 15.7 Å². The van der Waals surface area contributed by atoms with Gasteiger partial charge in [0, 0.05) is 43.3 Å². The molecule has 6 nitrogen and oxygen atoms in total. The zero-order valence-electron chi connectivity index (χ0n) is 10.8. The standard InChI is InChI=1S/C13H17N5O/c1-18-12(6-8-16-18)5-7-15-13(19)17-11-4-2-3-10(14)9-11/h2-4,6,8-9H,5,7,14H2,1H3,(H2,15,17,19). The number of nitrogens with zero attached hydrogens (tertiary/aromatic N) is 2. The first kappa shape index (κ1) is 12.9. The molecule has 0 saturated heterocycles. The molecule has 6 heteroatoms. The van der Waals surface area contributed by atoms with E-state index in [-0.39, 0.29) is 6.03 Å². The van der Waals surface area contributed by atoms with Gasteiger partial charge in [0.05, 0.1) is 0 Å². The molecule has 4 N–H and O–H groups in total. The fourth-order valence-corrected chi connectivity index (χ4v) is 1.74. The maximum absolute atomic E-state index is 11.7. The van der Waals surface area contributed by atoms with E-state index >= 15 is 0 Å². The van der Waals surface area contributed by atoms with Crippen molar-refractivity contribution in [1.29, 1.82) is 0 Å². The number of carbonyl (C=O) groups excluding carboxylic acids is 1. The van der Waals surface area contributed by atoms with Gasteiger partial charge in [-0.25, -0.2) is 4.79 Å². The molecule has 0 spiro atoms. The van der Waals surface area contributed by atoms with Crippen LogP contribution >= 0.6 is 0 Å². The van der Waals surface area contributed by atoms with Crippen LogP contribution in [0.15, 0.2) is 36.5 Å². The van der Waals surface area contributed by atoms with E-state index in [0.717, 1.165) is 12.1 Å². The smallest absolute Gasteiger partial charge is 0.319 e. The summed E-state index contributed by atoms with van der Waals surface area (Å²) in [6.07, 6.45) is 2.48. The minimum Gasteiger partial charge on any atom is -0.399 e. The molecule has 0 aliphatic heterocycles. The van der Waals surface area contributed by atoms with Gasteiger partial charge in [0.1, 0.15) is 0 Å². The highest BCUT2D eigenvalue weighted by Crippen LogP contribution is 2.11. The molecule has 100 valence electrons. The van der Waals surface area contributed by atoms with Gasteiger partial charge in [0.2, 0.25) is 0 Å². The molecule has 1 aromatic carbocycles. The largest absolute Gasteiger partial charge is 0.399 e. The molecule has 0 aliphatic carbocycles. The summed E-state index contributed by atoms with van der Waals surface area (Å²) in [6, 6.07) is 8.74. The lowest BCUT2D eigenvalue weighted by molar-refractivity contribution is 0.252. The molecule has 2 rings (SSSR count). The Morgan fingerprint density at radius 2 is 2.26 bits per heavy atom. The number of carbonyl (C=O) groups is 1. The fourth-order valence-electron chi connectivity index (χ4n) is 1.74. The van der Waals surface area contributed by atoms with Crippen LogP contribution in [0.5, 0.6) is 0 Å². The van der Waals surface area contributed by atoms with Gasteiger partial charge in [-0.15, -0.1) is 0 Å². The summed E-state index contributed by atoms with van der Waals surface area (Å²) in [4.78, 5) is 11.7. The maximum atomic E-state index is 11.7. The van der Waals surface area contributed by atoms with Crippen molar-refractivity contribution in [3.8, 4) is 0 Å². The predicted molar refractivity (Wildman–Crippen MR) is 74.8 cm³/mol. The first-order valence-corrected chi connectivity index (χ1v) is 6.02. The molecular formula is C13H17N5O. The molecule has 2 aromatic rings. The van der Waals surface area contributed by atoms with Crippen LogP contribution < -0.4 is 16.4 Å². The number of nitrogens with two attached hydrogens (primary N) is 1. The molecule has 0 radical (unpaired) electrons. The predicted octanol–water partition coefficient (Wildman–Crippen LogP) is 1.37. The van der Waals surface area contributed by atoms with Crippen molar-refractivity contribution in [2.45, 2.75) is 6.42 Å². The van der Waals surface area contributed by atoms with E-state index in [1.54, 1.807) is 35.1 Å². The number of urea groups is 1. The van der Waals surface area contributed by atoms with Crippen LogP contribution in [-0.4, -0.2) is 22.4 Å². The molecule has 1 aromatic heterocycles. The third kappa shape index (κ3) is 3.74. The van der Waals surface area contributed by atoms with Gasteiger partial charge in [-0.2, -0.15) is 5.10 Å². The topological polar surface area (TPSA) is 85.0 Å². The van der Waals surface area contributed by atoms with Crippen molar-refractivity contribution in [2.24, 2.45) is 7.05 Å². The molecule has 0 aliphatic rings. The Labute approximate surface area is 111 Å². The Hall–Kier alpha value is -2.50. The maximum Gasteiger partial charge on any atom is 0.319 e. The van der Waals surface area contributed by atoms with Crippen LogP contribution in [-0.2, 0) is 13.5 Å². The van der Waals surface area contributed by atoms with E-state index < -0.39 is 0 Å². The van der Waals surface area contributed by atoms with Crippen LogP contribution in [0, 0.1) is 0 Å². The summed E-state index contributed by atoms with van der Waals surface area (Å²) < 4.78 is 1.79. The number of anilines is 2. The van der Waals surface area contributed by atoms with Crippen molar-refractivity contribution >= 4 is 17.4 Å². The second-order valence-electron chi connectivity index (χ2n) is 4.20. The molecule has 19 heavy (non-hydrogen) atoms. The Bertz CT molecular complexity index is 564. The van der Waals surface area contributed by atoms with Gasteiger partial charge >= 0.3 is 6.03 Å². The number of nitrogens with one attached hydrogen (secondary N) is 2. The van der Waals surface area contributed by atoms with Crippen molar-refractivity contribution < 1.29 is 4.79 Å². The number of rotatable bonds is 4. The molecule has 1 heterocycles. The lowest BCUT2D eigenvalue weighted by atomic mass is 10.3. The highest BCUT2D eigenvalue weighted by atomic mass is 16.2. The summed E-state index contributed by atoms with van der Waals surface area (Å²) in [6.45, 7) is 0.549. The Morgan fingerprint density at radius 1 is 1.42 bits per heavy atom. The molecule has 0 unspecified atom stereocenters. The normalized spacial score (nSPS) is 10.2. The quantitative estimate of drug-likeness (QED) is 0.725. The van der Waals surface area contributed by atoms with Gasteiger partial charge in [-0.05, 0) is 24.3 Å². The van der Waals surface area contributed by atoms with Crippen LogP contribution in [0.1, 0.15) is 5.69 Å². The van der Waals surface area contributed by atoms with E-state index in [4.69, 9.17) is 5.73 Å². The van der Waals surface area contributed by atoms with Gasteiger partial charge in [0.15, 0.2) is 0 Å². The van der Waals surface area contributed by atoms with E-state index in [0.29, 0.717) is 17.9 Å². The van der Waals surface area contributed by atoms with Gasteiger partial charge < -0.3 is 16.4 Å². The van der Waals surface area contributed by atoms with Crippen LogP contribution in [0.3, 0.4) is 0 Å². The van der Waals surface area contributed by atoms with Crippen molar-refractivity contribution in [3.05, 3.63) is 42.2 Å². The molecule has 0 fully saturated rings. The number of hydrogen-bond acceptors (Lipinski definition) is 3. The van der Waals surface area contributed by atoms with Gasteiger partial charge in [0.25, 0.3) is 0 Å². The highest BCUT2D eigenvalue weighted by Gasteiger charge is 2.03. The molecule has 2 amide bonds. The summed E-state index contributed by atoms with van der Waals surface area (Å²) >= 11 is 0. The average molecular weight is 259 g/mol. The summed E-state index contributed by atoms with van der Waals surface area (Å²) in [5, 5.41) is 9.58. The zero-order chi connectivity index (χ0) is 13.7. The summed E-state index contributed by atoms with van der Waals surface area (Å²) in [5.41, 5.74) is 8.00. The number of aromatic nitrogens is 2. The van der Waals surface area contributed by atoms with Crippen LogP contribution in [0.25, 0.3) is 0 Å². The first-order chi connectivity index (χ1) is 9.15. The van der Waals surface area contributed by atoms with Gasteiger partial charge in [-0.1, -0.05) is 6.07 Å². The monoisotopic (exact) mass is 259 g/mol. The third-order valence-electron chi connectivity index (χ3n) is 2.73. The average Bonchev–Trinajstić information content (AvgIpc) is 2.75. The number of benzene rings is 1. The fraction of sp³-hybridized carbons (Fsp3) is 0.231. The van der Waals surface area contributed by atoms with Gasteiger partial charge in [-0.3, -0.25) is 4.68 Å². The number of hydrogen-bond donors (Lipinski definition) is 3. The highest BCUT2D eigenvalue weighted by molar-refractivity contribution is 5.89. The zero-order valence-corrected chi connectivity index (χ0v) is 10.8. The molecule has 0 saturated carbocycles. The second-order valence-corrected chi connectivity index (χ2v) is 4.20. The van der Waals surface area contributed by atoms with Crippen LogP contribution in [0.2, 0.25) is 0 Å². The van der Waals surface area contributed by atoms with Crippen molar-refractivity contribution in [3.63, 3.8) is 0 Å². The van der Waals surface area contributed by atoms with Crippen LogP contribution in [0.4, 0.5) is 16.2 Å². The minimum absolute atomic E-state index is 0.243. The van der Waals surface area contributed by atoms with E-state index in [9.17, 15) is 4.79 Å². The summed E-state index contributed by atoms with van der Waals surface area (Å²) in [5.74, 6) is 0. The Kier molecular flexibility index (Phi) is 4.02.